The van der Waals surface area contributed by atoms with E-state index >= 15 is 0 Å². The lowest BCUT2D eigenvalue weighted by molar-refractivity contribution is 0.494. The van der Waals surface area contributed by atoms with Crippen molar-refractivity contribution in [2.45, 2.75) is 176 Å². The average Bonchev–Trinajstić information content (AvgIpc) is 2.69. The molecular formula is C39H64. The molecule has 0 fully saturated rings. The van der Waals surface area contributed by atoms with Gasteiger partial charge in [0.05, 0.1) is 0 Å². The van der Waals surface area contributed by atoms with E-state index < -0.39 is 0 Å². The van der Waals surface area contributed by atoms with Gasteiger partial charge >= 0.3 is 0 Å². The van der Waals surface area contributed by atoms with E-state index in [0.29, 0.717) is 5.92 Å². The molecule has 0 saturated heterocycles. The predicted molar refractivity (Wildman–Crippen MR) is 177 cm³/mol. The summed E-state index contributed by atoms with van der Waals surface area (Å²) in [5.41, 5.74) is 12.5. The van der Waals surface area contributed by atoms with Gasteiger partial charge in [0.1, 0.15) is 0 Å². The fourth-order valence-corrected chi connectivity index (χ4v) is 6.29. The van der Waals surface area contributed by atoms with Gasteiger partial charge in [-0.05, 0) is 83.4 Å². The molecule has 2 rings (SSSR count). The maximum atomic E-state index is 2.59. The normalized spacial score (nSPS) is 15.1. The topological polar surface area (TPSA) is 0 Å². The Hall–Kier alpha value is -1.56. The van der Waals surface area contributed by atoms with Crippen LogP contribution in [0.2, 0.25) is 0 Å². The second-order valence-corrected chi connectivity index (χ2v) is 18.4. The van der Waals surface area contributed by atoms with Crippen molar-refractivity contribution in [2.24, 2.45) is 0 Å². The summed E-state index contributed by atoms with van der Waals surface area (Å²) in [6.07, 6.45) is 1.09. The van der Waals surface area contributed by atoms with Crippen LogP contribution in [-0.4, -0.2) is 0 Å². The average molecular weight is 533 g/mol. The van der Waals surface area contributed by atoms with Crippen LogP contribution in [-0.2, 0) is 32.5 Å². The highest BCUT2D eigenvalue weighted by Crippen LogP contribution is 2.47. The molecule has 220 valence electrons. The van der Waals surface area contributed by atoms with Gasteiger partial charge in [-0.2, -0.15) is 0 Å². The van der Waals surface area contributed by atoms with Crippen molar-refractivity contribution in [3.8, 4) is 0 Å². The Bertz CT molecular complexity index is 1120. The van der Waals surface area contributed by atoms with Crippen molar-refractivity contribution in [3.63, 3.8) is 0 Å². The molecule has 2 aromatic carbocycles. The molecule has 0 aliphatic carbocycles. The van der Waals surface area contributed by atoms with Crippen LogP contribution in [0.3, 0.4) is 0 Å². The van der Waals surface area contributed by atoms with Gasteiger partial charge in [-0.1, -0.05) is 156 Å². The molecule has 39 heavy (non-hydrogen) atoms. The first-order valence-corrected chi connectivity index (χ1v) is 15.5. The second-order valence-electron chi connectivity index (χ2n) is 18.4. The maximum absolute atomic E-state index is 2.59. The van der Waals surface area contributed by atoms with Crippen molar-refractivity contribution in [1.82, 2.24) is 0 Å². The molecule has 0 bridgehead atoms. The number of rotatable bonds is 3. The summed E-state index contributed by atoms with van der Waals surface area (Å²) < 4.78 is 0. The van der Waals surface area contributed by atoms with Gasteiger partial charge in [0.15, 0.2) is 0 Å². The smallest absolute Gasteiger partial charge is 0.00900 e. The van der Waals surface area contributed by atoms with Gasteiger partial charge in [-0.3, -0.25) is 0 Å². The minimum Gasteiger partial charge on any atom is -0.0645 e. The fourth-order valence-electron chi connectivity index (χ4n) is 6.29. The molecule has 0 radical (unpaired) electrons. The molecule has 0 aromatic heterocycles. The lowest BCUT2D eigenvalue weighted by Gasteiger charge is -2.39. The van der Waals surface area contributed by atoms with Crippen LogP contribution in [0.25, 0.3) is 0 Å². The minimum atomic E-state index is 0.0485. The molecule has 2 aromatic rings. The minimum absolute atomic E-state index is 0.0485. The Labute approximate surface area is 244 Å². The summed E-state index contributed by atoms with van der Waals surface area (Å²) in [5.74, 6) is 0.346. The third kappa shape index (κ3) is 7.40. The van der Waals surface area contributed by atoms with E-state index in [2.05, 4.69) is 156 Å². The van der Waals surface area contributed by atoms with Gasteiger partial charge in [0.2, 0.25) is 0 Å². The molecule has 0 N–H and O–H groups in total. The lowest BCUT2D eigenvalue weighted by Crippen LogP contribution is -2.29. The van der Waals surface area contributed by atoms with Gasteiger partial charge in [-0.25, -0.2) is 0 Å². The van der Waals surface area contributed by atoms with E-state index in [0.717, 1.165) is 6.42 Å². The molecule has 0 aliphatic heterocycles. The quantitative estimate of drug-likeness (QED) is 0.369. The molecule has 1 unspecified atom stereocenters. The SMILES string of the molecule is CCC(c1cc(C(C)(C)C)c(C(C)(C)C)c(C(C)(C)C)c1)c1cc(C(C)(C)C)cc(C(C)(C)C)c1C(C)(C)C. The van der Waals surface area contributed by atoms with Crippen molar-refractivity contribution in [2.75, 3.05) is 0 Å². The summed E-state index contributed by atoms with van der Waals surface area (Å²) in [5, 5.41) is 0. The van der Waals surface area contributed by atoms with Crippen molar-refractivity contribution < 1.29 is 0 Å². The highest BCUT2D eigenvalue weighted by Gasteiger charge is 2.36. The van der Waals surface area contributed by atoms with E-state index in [1.165, 1.54) is 38.9 Å². The zero-order valence-corrected chi connectivity index (χ0v) is 29.6. The summed E-state index contributed by atoms with van der Waals surface area (Å²) >= 11 is 0. The zero-order valence-electron chi connectivity index (χ0n) is 29.6. The Morgan fingerprint density at radius 3 is 1.08 bits per heavy atom. The van der Waals surface area contributed by atoms with Gasteiger partial charge in [-0.15, -0.1) is 0 Å². The van der Waals surface area contributed by atoms with Crippen LogP contribution in [0.1, 0.15) is 188 Å². The number of hydrogen-bond donors (Lipinski definition) is 0. The molecule has 0 saturated carbocycles. The molecule has 1 atom stereocenters. The molecule has 0 nitrogen and oxygen atoms in total. The monoisotopic (exact) mass is 533 g/mol. The Kier molecular flexibility index (Phi) is 8.94. The standard InChI is InChI=1S/C39H64/c1-20-27(25-21-29(35(5,6)7)33(39(17,18)19)30(22-25)36(8,9)10)28-23-26(34(2,3)4)24-31(37(11,12)13)32(28)38(14,15)16/h21-24,27H,20H2,1-19H3. The predicted octanol–water partition coefficient (Wildman–Crippen LogP) is 12.0. The zero-order chi connectivity index (χ0) is 30.7. The van der Waals surface area contributed by atoms with Crippen LogP contribution in [0.4, 0.5) is 0 Å². The first-order chi connectivity index (χ1) is 17.1. The Balaban J connectivity index is 3.19. The Morgan fingerprint density at radius 1 is 0.436 bits per heavy atom. The summed E-state index contributed by atoms with van der Waals surface area (Å²) in [4.78, 5) is 0. The fraction of sp³-hybridized carbons (Fsp3) is 0.692. The summed E-state index contributed by atoms with van der Waals surface area (Å²) in [6.45, 7) is 45.4. The number of benzene rings is 2. The molecule has 0 aliphatic rings. The summed E-state index contributed by atoms with van der Waals surface area (Å²) in [6, 6.07) is 10.3. The van der Waals surface area contributed by atoms with Crippen LogP contribution >= 0.6 is 0 Å². The summed E-state index contributed by atoms with van der Waals surface area (Å²) in [7, 11) is 0. The van der Waals surface area contributed by atoms with E-state index in [4.69, 9.17) is 0 Å². The highest BCUT2D eigenvalue weighted by molar-refractivity contribution is 5.55. The molecular weight excluding hydrogens is 468 g/mol. The van der Waals surface area contributed by atoms with Crippen molar-refractivity contribution in [3.05, 3.63) is 68.8 Å². The van der Waals surface area contributed by atoms with Crippen molar-refractivity contribution in [1.29, 1.82) is 0 Å². The second kappa shape index (κ2) is 10.4. The van der Waals surface area contributed by atoms with Crippen LogP contribution in [0, 0.1) is 0 Å². The first kappa shape index (κ1) is 33.6. The van der Waals surface area contributed by atoms with E-state index in [-0.39, 0.29) is 32.5 Å². The van der Waals surface area contributed by atoms with Crippen molar-refractivity contribution >= 4 is 0 Å². The maximum Gasteiger partial charge on any atom is 0.00900 e. The van der Waals surface area contributed by atoms with Gasteiger partial charge < -0.3 is 0 Å². The molecule has 0 heteroatoms. The molecule has 0 heterocycles. The largest absolute Gasteiger partial charge is 0.0645 e. The van der Waals surface area contributed by atoms with E-state index in [1.807, 2.05) is 0 Å². The van der Waals surface area contributed by atoms with E-state index in [9.17, 15) is 0 Å². The highest BCUT2D eigenvalue weighted by atomic mass is 14.4. The molecule has 0 spiro atoms. The van der Waals surface area contributed by atoms with Crippen LogP contribution in [0.5, 0.6) is 0 Å². The lowest BCUT2D eigenvalue weighted by atomic mass is 9.65. The Morgan fingerprint density at radius 2 is 0.795 bits per heavy atom. The van der Waals surface area contributed by atoms with Crippen LogP contribution in [0.15, 0.2) is 24.3 Å². The number of hydrogen-bond acceptors (Lipinski definition) is 0. The van der Waals surface area contributed by atoms with Gasteiger partial charge in [0.25, 0.3) is 0 Å². The van der Waals surface area contributed by atoms with Crippen LogP contribution < -0.4 is 0 Å². The third-order valence-electron chi connectivity index (χ3n) is 8.31. The molecule has 0 amide bonds. The first-order valence-electron chi connectivity index (χ1n) is 15.5. The van der Waals surface area contributed by atoms with E-state index in [1.54, 1.807) is 5.56 Å². The van der Waals surface area contributed by atoms with Gasteiger partial charge in [0, 0.05) is 5.92 Å². The third-order valence-corrected chi connectivity index (χ3v) is 8.31.